The van der Waals surface area contributed by atoms with Crippen LogP contribution in [0, 0.1) is 5.41 Å². The Bertz CT molecular complexity index is 1020. The Labute approximate surface area is 189 Å². The fourth-order valence-corrected chi connectivity index (χ4v) is 4.58. The summed E-state index contributed by atoms with van der Waals surface area (Å²) in [6.45, 7) is 5.04. The maximum atomic E-state index is 13.3. The van der Waals surface area contributed by atoms with Crippen LogP contribution in [0.2, 0.25) is 0 Å². The van der Waals surface area contributed by atoms with Crippen LogP contribution in [0.4, 0.5) is 0 Å². The first-order valence-corrected chi connectivity index (χ1v) is 11.3. The van der Waals surface area contributed by atoms with Gasteiger partial charge in [0.05, 0.1) is 12.5 Å². The Balaban J connectivity index is 1.53. The zero-order valence-electron chi connectivity index (χ0n) is 18.8. The van der Waals surface area contributed by atoms with Gasteiger partial charge in [0.15, 0.2) is 0 Å². The van der Waals surface area contributed by atoms with Gasteiger partial charge >= 0.3 is 0 Å². The number of nitrogens with one attached hydrogen (secondary N) is 1. The Morgan fingerprint density at radius 1 is 1.19 bits per heavy atom. The molecule has 32 heavy (non-hydrogen) atoms. The number of benzene rings is 2. The van der Waals surface area contributed by atoms with Gasteiger partial charge in [-0.1, -0.05) is 47.6 Å². The molecular formula is C26H31N3O3. The van der Waals surface area contributed by atoms with Crippen LogP contribution in [-0.4, -0.2) is 42.7 Å². The second-order valence-corrected chi connectivity index (χ2v) is 8.52. The first-order valence-electron chi connectivity index (χ1n) is 11.3. The molecule has 0 bridgehead atoms. The number of ether oxygens (including phenoxy) is 1. The monoisotopic (exact) mass is 433 g/mol. The summed E-state index contributed by atoms with van der Waals surface area (Å²) >= 11 is 0. The molecule has 2 heterocycles. The van der Waals surface area contributed by atoms with Crippen LogP contribution in [0.5, 0.6) is 5.75 Å². The van der Waals surface area contributed by atoms with Crippen molar-refractivity contribution in [2.45, 2.75) is 32.7 Å². The summed E-state index contributed by atoms with van der Waals surface area (Å²) in [4.78, 5) is 15.6. The summed E-state index contributed by atoms with van der Waals surface area (Å²) in [7, 11) is 1.67. The van der Waals surface area contributed by atoms with Crippen molar-refractivity contribution < 1.29 is 14.1 Å². The van der Waals surface area contributed by atoms with Crippen molar-refractivity contribution in [3.8, 4) is 17.0 Å². The minimum absolute atomic E-state index is 0.0945. The lowest BCUT2D eigenvalue weighted by Crippen LogP contribution is -2.52. The standard InChI is InChI=1S/C26H31N3O3/c1-3-27-25(30)26(17-23-16-24(28-32-23)21-8-5-4-6-9-21)14-7-15-29(19-26)18-20-10-12-22(31-2)13-11-20/h4-6,8-13,16H,3,7,14-15,17-19H2,1-2H3,(H,27,30). The van der Waals surface area contributed by atoms with Crippen molar-refractivity contribution in [1.82, 2.24) is 15.4 Å². The molecule has 3 aromatic rings. The summed E-state index contributed by atoms with van der Waals surface area (Å²) in [5, 5.41) is 7.33. The molecule has 1 aliphatic rings. The van der Waals surface area contributed by atoms with Crippen LogP contribution in [0.15, 0.2) is 65.2 Å². The molecule has 168 valence electrons. The van der Waals surface area contributed by atoms with Gasteiger partial charge < -0.3 is 14.6 Å². The number of hydrogen-bond donors (Lipinski definition) is 1. The van der Waals surface area contributed by atoms with Crippen LogP contribution in [0.3, 0.4) is 0 Å². The van der Waals surface area contributed by atoms with Gasteiger partial charge in [-0.3, -0.25) is 9.69 Å². The van der Waals surface area contributed by atoms with E-state index in [0.29, 0.717) is 19.5 Å². The van der Waals surface area contributed by atoms with Crippen molar-refractivity contribution in [3.63, 3.8) is 0 Å². The predicted molar refractivity (Wildman–Crippen MR) is 124 cm³/mol. The molecule has 1 N–H and O–H groups in total. The zero-order valence-corrected chi connectivity index (χ0v) is 18.8. The average Bonchev–Trinajstić information content (AvgIpc) is 3.29. The number of amides is 1. The van der Waals surface area contributed by atoms with E-state index in [0.717, 1.165) is 48.7 Å². The number of carbonyl (C=O) groups excluding carboxylic acids is 1. The number of likely N-dealkylation sites (tertiary alicyclic amines) is 1. The summed E-state index contributed by atoms with van der Waals surface area (Å²) in [6, 6.07) is 20.1. The highest BCUT2D eigenvalue weighted by atomic mass is 16.5. The Morgan fingerprint density at radius 2 is 1.97 bits per heavy atom. The zero-order chi connectivity index (χ0) is 22.4. The first-order chi connectivity index (χ1) is 15.6. The third kappa shape index (κ3) is 5.02. The second kappa shape index (κ2) is 10.0. The van der Waals surface area contributed by atoms with E-state index in [1.165, 1.54) is 5.56 Å². The number of carbonyl (C=O) groups is 1. The minimum Gasteiger partial charge on any atom is -0.497 e. The predicted octanol–water partition coefficient (Wildman–Crippen LogP) is 4.31. The van der Waals surface area contributed by atoms with Crippen LogP contribution >= 0.6 is 0 Å². The lowest BCUT2D eigenvalue weighted by molar-refractivity contribution is -0.134. The Kier molecular flexibility index (Phi) is 6.90. The van der Waals surface area contributed by atoms with E-state index in [2.05, 4.69) is 27.5 Å². The number of nitrogens with zero attached hydrogens (tertiary/aromatic N) is 2. The van der Waals surface area contributed by atoms with Gasteiger partial charge in [0.2, 0.25) is 5.91 Å². The normalized spacial score (nSPS) is 18.9. The summed E-state index contributed by atoms with van der Waals surface area (Å²) in [6.07, 6.45) is 2.34. The highest BCUT2D eigenvalue weighted by Gasteiger charge is 2.43. The van der Waals surface area contributed by atoms with Crippen molar-refractivity contribution in [2.24, 2.45) is 5.41 Å². The van der Waals surface area contributed by atoms with Crippen LogP contribution < -0.4 is 10.1 Å². The smallest absolute Gasteiger partial charge is 0.227 e. The lowest BCUT2D eigenvalue weighted by Gasteiger charge is -2.41. The van der Waals surface area contributed by atoms with E-state index in [1.54, 1.807) is 7.11 Å². The van der Waals surface area contributed by atoms with E-state index < -0.39 is 5.41 Å². The van der Waals surface area contributed by atoms with Crippen LogP contribution in [-0.2, 0) is 17.8 Å². The number of methoxy groups -OCH3 is 1. The van der Waals surface area contributed by atoms with Crippen molar-refractivity contribution >= 4 is 5.91 Å². The molecule has 1 atom stereocenters. The highest BCUT2D eigenvalue weighted by molar-refractivity contribution is 5.83. The fourth-order valence-electron chi connectivity index (χ4n) is 4.58. The van der Waals surface area contributed by atoms with E-state index >= 15 is 0 Å². The van der Waals surface area contributed by atoms with E-state index in [9.17, 15) is 4.79 Å². The van der Waals surface area contributed by atoms with Gasteiger partial charge in [-0.2, -0.15) is 0 Å². The molecule has 1 aliphatic heterocycles. The van der Waals surface area contributed by atoms with Gasteiger partial charge in [-0.15, -0.1) is 0 Å². The molecule has 6 nitrogen and oxygen atoms in total. The van der Waals surface area contributed by atoms with Gasteiger partial charge in [0.1, 0.15) is 17.2 Å². The molecular weight excluding hydrogens is 402 g/mol. The Morgan fingerprint density at radius 3 is 2.69 bits per heavy atom. The molecule has 0 saturated carbocycles. The minimum atomic E-state index is -0.534. The van der Waals surface area contributed by atoms with E-state index in [1.807, 2.05) is 55.5 Å². The molecule has 4 rings (SSSR count). The average molecular weight is 434 g/mol. The third-order valence-corrected chi connectivity index (χ3v) is 6.18. The lowest BCUT2D eigenvalue weighted by atomic mass is 9.75. The summed E-state index contributed by atoms with van der Waals surface area (Å²) in [5.41, 5.74) is 2.49. The molecule has 1 amide bonds. The van der Waals surface area contributed by atoms with Gasteiger partial charge in [0.25, 0.3) is 0 Å². The molecule has 0 radical (unpaired) electrons. The van der Waals surface area contributed by atoms with Crippen LogP contribution in [0.25, 0.3) is 11.3 Å². The van der Waals surface area contributed by atoms with Gasteiger partial charge in [-0.05, 0) is 44.0 Å². The summed E-state index contributed by atoms with van der Waals surface area (Å²) < 4.78 is 11.0. The molecule has 1 fully saturated rings. The van der Waals surface area contributed by atoms with Crippen molar-refractivity contribution in [3.05, 3.63) is 72.0 Å². The molecule has 2 aromatic carbocycles. The van der Waals surface area contributed by atoms with E-state index in [4.69, 9.17) is 9.26 Å². The quantitative estimate of drug-likeness (QED) is 0.573. The summed E-state index contributed by atoms with van der Waals surface area (Å²) in [5.74, 6) is 1.70. The highest BCUT2D eigenvalue weighted by Crippen LogP contribution is 2.36. The van der Waals surface area contributed by atoms with Gasteiger partial charge in [0, 0.05) is 37.7 Å². The number of aromatic nitrogens is 1. The fraction of sp³-hybridized carbons (Fsp3) is 0.385. The molecule has 0 spiro atoms. The van der Waals surface area contributed by atoms with Gasteiger partial charge in [-0.25, -0.2) is 0 Å². The number of hydrogen-bond acceptors (Lipinski definition) is 5. The second-order valence-electron chi connectivity index (χ2n) is 8.52. The van der Waals surface area contributed by atoms with Crippen molar-refractivity contribution in [2.75, 3.05) is 26.7 Å². The molecule has 1 aromatic heterocycles. The SMILES string of the molecule is CCNC(=O)C1(Cc2cc(-c3ccccc3)no2)CCCN(Cc2ccc(OC)cc2)C1. The third-order valence-electron chi connectivity index (χ3n) is 6.18. The number of rotatable bonds is 8. The largest absolute Gasteiger partial charge is 0.497 e. The molecule has 6 heteroatoms. The topological polar surface area (TPSA) is 67.6 Å². The number of piperidine rings is 1. The van der Waals surface area contributed by atoms with Crippen LogP contribution in [0.1, 0.15) is 31.1 Å². The van der Waals surface area contributed by atoms with E-state index in [-0.39, 0.29) is 5.91 Å². The van der Waals surface area contributed by atoms with Crippen molar-refractivity contribution in [1.29, 1.82) is 0 Å². The maximum Gasteiger partial charge on any atom is 0.227 e. The molecule has 1 saturated heterocycles. The first kappa shape index (κ1) is 22.1. The Hall–Kier alpha value is -3.12. The maximum absolute atomic E-state index is 13.3. The molecule has 0 aliphatic carbocycles. The molecule has 1 unspecified atom stereocenters.